The lowest BCUT2D eigenvalue weighted by Crippen LogP contribution is -2.30. The minimum absolute atomic E-state index is 0.183. The van der Waals surface area contributed by atoms with Crippen molar-refractivity contribution in [2.75, 3.05) is 0 Å². The molecule has 2 aromatic rings. The topological polar surface area (TPSA) is 80.9 Å². The number of H-pyrrole nitrogens is 1. The molecule has 2 aromatic heterocycles. The van der Waals surface area contributed by atoms with Crippen LogP contribution < -0.4 is 11.2 Å². The average Bonchev–Trinajstić information content (AvgIpc) is 2.55. The van der Waals surface area contributed by atoms with E-state index in [1.165, 1.54) is 10.8 Å². The Labute approximate surface area is 104 Å². The van der Waals surface area contributed by atoms with Crippen molar-refractivity contribution in [3.63, 3.8) is 0 Å². The van der Waals surface area contributed by atoms with Crippen LogP contribution in [0.15, 0.2) is 24.7 Å². The number of hydrogen-bond donors (Lipinski definition) is 1. The van der Waals surface area contributed by atoms with Crippen molar-refractivity contribution in [1.82, 2.24) is 14.5 Å². The van der Waals surface area contributed by atoms with Crippen molar-refractivity contribution in [3.8, 4) is 0 Å². The summed E-state index contributed by atoms with van der Waals surface area (Å²) in [7, 11) is 0. The highest BCUT2D eigenvalue weighted by molar-refractivity contribution is 9.10. The van der Waals surface area contributed by atoms with Crippen LogP contribution in [0.3, 0.4) is 0 Å². The Balaban J connectivity index is 2.39. The molecule has 0 aliphatic heterocycles. The van der Waals surface area contributed by atoms with Gasteiger partial charge >= 0.3 is 5.69 Å². The molecule has 0 aliphatic rings. The molecule has 0 unspecified atom stereocenters. The number of aryl methyl sites for hydroxylation is 2. The maximum absolute atomic E-state index is 11.5. The van der Waals surface area contributed by atoms with E-state index >= 15 is 0 Å². The zero-order chi connectivity index (χ0) is 12.6. The maximum atomic E-state index is 11.5. The molecule has 2 heterocycles. The van der Waals surface area contributed by atoms with Gasteiger partial charge in [-0.3, -0.25) is 14.3 Å². The monoisotopic (exact) mass is 299 g/mol. The molecule has 0 saturated carbocycles. The first-order valence-corrected chi connectivity index (χ1v) is 5.69. The van der Waals surface area contributed by atoms with Crippen LogP contribution in [0.4, 0.5) is 0 Å². The molecule has 0 bridgehead atoms. The van der Waals surface area contributed by atoms with Gasteiger partial charge in [0.1, 0.15) is 12.3 Å². The molecule has 0 radical (unpaired) electrons. The van der Waals surface area contributed by atoms with E-state index in [4.69, 9.17) is 4.42 Å². The van der Waals surface area contributed by atoms with Gasteiger partial charge in [0.15, 0.2) is 0 Å². The lowest BCUT2D eigenvalue weighted by Gasteiger charge is -2.01. The maximum Gasteiger partial charge on any atom is 0.328 e. The number of nitrogens with one attached hydrogen (secondary N) is 1. The highest BCUT2D eigenvalue weighted by atomic mass is 79.9. The van der Waals surface area contributed by atoms with Gasteiger partial charge in [0.25, 0.3) is 5.56 Å². The molecule has 6 nitrogen and oxygen atoms in total. The van der Waals surface area contributed by atoms with Crippen LogP contribution >= 0.6 is 15.9 Å². The first kappa shape index (κ1) is 11.8. The Hall–Kier alpha value is -1.63. The van der Waals surface area contributed by atoms with Gasteiger partial charge in [-0.1, -0.05) is 0 Å². The van der Waals surface area contributed by atoms with Gasteiger partial charge in [0.05, 0.1) is 10.2 Å². The van der Waals surface area contributed by atoms with Crippen LogP contribution in [0.5, 0.6) is 0 Å². The summed E-state index contributed by atoms with van der Waals surface area (Å²) in [5, 5.41) is 0. The fourth-order valence-electron chi connectivity index (χ4n) is 1.35. The van der Waals surface area contributed by atoms with Crippen LogP contribution in [0, 0.1) is 13.8 Å². The van der Waals surface area contributed by atoms with E-state index < -0.39 is 11.2 Å². The molecule has 0 spiro atoms. The summed E-state index contributed by atoms with van der Waals surface area (Å²) in [5.41, 5.74) is -0.158. The SMILES string of the molecule is Cc1nc(Cn2cc(Br)c(=O)[nH]c2=O)oc1C. The fraction of sp³-hybridized carbons (Fsp3) is 0.300. The molecule has 0 amide bonds. The van der Waals surface area contributed by atoms with E-state index in [1.807, 2.05) is 6.92 Å². The summed E-state index contributed by atoms with van der Waals surface area (Å²) in [4.78, 5) is 29.0. The first-order valence-electron chi connectivity index (χ1n) is 4.89. The molecular formula is C10H10BrN3O3. The normalized spacial score (nSPS) is 10.8. The van der Waals surface area contributed by atoms with Crippen LogP contribution in [-0.2, 0) is 6.54 Å². The van der Waals surface area contributed by atoms with E-state index in [-0.39, 0.29) is 11.0 Å². The smallest absolute Gasteiger partial charge is 0.328 e. The van der Waals surface area contributed by atoms with Gasteiger partial charge in [-0.05, 0) is 29.8 Å². The number of nitrogens with zero attached hydrogens (tertiary/aromatic N) is 2. The van der Waals surface area contributed by atoms with Crippen molar-refractivity contribution < 1.29 is 4.42 Å². The molecule has 17 heavy (non-hydrogen) atoms. The number of hydrogen-bond acceptors (Lipinski definition) is 4. The largest absolute Gasteiger partial charge is 0.444 e. The molecule has 1 N–H and O–H groups in total. The third kappa shape index (κ3) is 2.38. The number of halogens is 1. The van der Waals surface area contributed by atoms with Crippen molar-refractivity contribution in [1.29, 1.82) is 0 Å². The Kier molecular flexibility index (Phi) is 3.01. The van der Waals surface area contributed by atoms with Crippen LogP contribution in [-0.4, -0.2) is 14.5 Å². The predicted molar refractivity (Wildman–Crippen MR) is 64.1 cm³/mol. The van der Waals surface area contributed by atoms with E-state index in [1.54, 1.807) is 6.92 Å². The van der Waals surface area contributed by atoms with Gasteiger partial charge < -0.3 is 4.42 Å². The zero-order valence-electron chi connectivity index (χ0n) is 9.28. The summed E-state index contributed by atoms with van der Waals surface area (Å²) < 4.78 is 6.97. The first-order chi connectivity index (χ1) is 7.97. The molecule has 0 fully saturated rings. The van der Waals surface area contributed by atoms with Crippen LogP contribution in [0.25, 0.3) is 0 Å². The highest BCUT2D eigenvalue weighted by Gasteiger charge is 2.08. The fourth-order valence-corrected chi connectivity index (χ4v) is 1.70. The van der Waals surface area contributed by atoms with E-state index in [2.05, 4.69) is 25.9 Å². The molecule has 0 atom stereocenters. The summed E-state index contributed by atoms with van der Waals surface area (Å²) in [6.07, 6.45) is 1.41. The minimum Gasteiger partial charge on any atom is -0.444 e. The summed E-state index contributed by atoms with van der Waals surface area (Å²) in [6.45, 7) is 3.81. The molecule has 0 saturated heterocycles. The van der Waals surface area contributed by atoms with E-state index in [9.17, 15) is 9.59 Å². The van der Waals surface area contributed by atoms with Crippen molar-refractivity contribution in [2.24, 2.45) is 0 Å². The number of oxazole rings is 1. The number of aromatic amines is 1. The molecular weight excluding hydrogens is 290 g/mol. The zero-order valence-corrected chi connectivity index (χ0v) is 10.9. The quantitative estimate of drug-likeness (QED) is 0.895. The second-order valence-electron chi connectivity index (χ2n) is 3.61. The van der Waals surface area contributed by atoms with Gasteiger partial charge in [-0.2, -0.15) is 0 Å². The standard InChI is InChI=1S/C10H10BrN3O3/c1-5-6(2)17-8(12-5)4-14-3-7(11)9(15)13-10(14)16/h3H,4H2,1-2H3,(H,13,15,16). The van der Waals surface area contributed by atoms with Gasteiger partial charge in [0.2, 0.25) is 5.89 Å². The van der Waals surface area contributed by atoms with Gasteiger partial charge in [-0.15, -0.1) is 0 Å². The molecule has 7 heteroatoms. The summed E-state index contributed by atoms with van der Waals surface area (Å²) in [6, 6.07) is 0. The Morgan fingerprint density at radius 3 is 2.76 bits per heavy atom. The summed E-state index contributed by atoms with van der Waals surface area (Å²) in [5.74, 6) is 1.15. The van der Waals surface area contributed by atoms with Crippen LogP contribution in [0.1, 0.15) is 17.3 Å². The lowest BCUT2D eigenvalue weighted by molar-refractivity contribution is 0.451. The third-order valence-corrected chi connectivity index (χ3v) is 2.91. The molecule has 0 aromatic carbocycles. The predicted octanol–water partition coefficient (Wildman–Crippen LogP) is 0.952. The second kappa shape index (κ2) is 4.33. The van der Waals surface area contributed by atoms with Gasteiger partial charge in [0, 0.05) is 6.20 Å². The van der Waals surface area contributed by atoms with Crippen molar-refractivity contribution in [2.45, 2.75) is 20.4 Å². The Morgan fingerprint density at radius 1 is 1.47 bits per heavy atom. The van der Waals surface area contributed by atoms with Crippen molar-refractivity contribution >= 4 is 15.9 Å². The number of rotatable bonds is 2. The lowest BCUT2D eigenvalue weighted by atomic mass is 10.4. The Morgan fingerprint density at radius 2 is 2.18 bits per heavy atom. The number of aromatic nitrogens is 3. The molecule has 90 valence electrons. The van der Waals surface area contributed by atoms with E-state index in [0.29, 0.717) is 5.89 Å². The minimum atomic E-state index is -0.494. The van der Waals surface area contributed by atoms with Crippen molar-refractivity contribution in [3.05, 3.63) is 48.9 Å². The molecule has 0 aliphatic carbocycles. The highest BCUT2D eigenvalue weighted by Crippen LogP contribution is 2.09. The summed E-state index contributed by atoms with van der Waals surface area (Å²) >= 11 is 3.06. The average molecular weight is 300 g/mol. The molecule has 2 rings (SSSR count). The van der Waals surface area contributed by atoms with E-state index in [0.717, 1.165) is 11.5 Å². The third-order valence-electron chi connectivity index (χ3n) is 2.35. The Bertz CT molecular complexity index is 649. The second-order valence-corrected chi connectivity index (χ2v) is 4.47. The van der Waals surface area contributed by atoms with Crippen LogP contribution in [0.2, 0.25) is 0 Å². The van der Waals surface area contributed by atoms with Gasteiger partial charge in [-0.25, -0.2) is 9.78 Å².